The summed E-state index contributed by atoms with van der Waals surface area (Å²) >= 11 is 5.70. The zero-order chi connectivity index (χ0) is 21.9. The Bertz CT molecular complexity index is 1830. The van der Waals surface area contributed by atoms with Crippen LogP contribution in [0.3, 0.4) is 0 Å². The van der Waals surface area contributed by atoms with Crippen molar-refractivity contribution in [2.24, 2.45) is 0 Å². The van der Waals surface area contributed by atoms with E-state index in [-0.39, 0.29) is 0 Å². The Labute approximate surface area is 203 Å². The average Bonchev–Trinajstić information content (AvgIpc) is 3.40. The lowest BCUT2D eigenvalue weighted by atomic mass is 10.0. The van der Waals surface area contributed by atoms with Crippen molar-refractivity contribution in [1.29, 1.82) is 0 Å². The molecule has 0 saturated heterocycles. The molecular weight excluding hydrogens is 488 g/mol. The maximum Gasteiger partial charge on any atom is 0.150 e. The maximum atomic E-state index is 6.35. The molecule has 0 aliphatic carbocycles. The number of halogens is 1. The van der Waals surface area contributed by atoms with Crippen LogP contribution in [0.25, 0.3) is 64.4 Å². The second-order valence-corrected chi connectivity index (χ2v) is 10.2. The summed E-state index contributed by atoms with van der Waals surface area (Å²) in [6.45, 7) is 0. The molecule has 0 fully saturated rings. The molecule has 156 valence electrons. The molecule has 0 amide bonds. The number of rotatable bonds is 2. The Hall–Kier alpha value is -3.40. The van der Waals surface area contributed by atoms with Gasteiger partial charge in [0.05, 0.1) is 4.47 Å². The predicted octanol–water partition coefficient (Wildman–Crippen LogP) is 10.1. The number of furan rings is 1. The molecule has 3 heteroatoms. The molecule has 0 bridgehead atoms. The van der Waals surface area contributed by atoms with E-state index in [0.717, 1.165) is 26.8 Å². The van der Waals surface area contributed by atoms with E-state index in [2.05, 4.69) is 119 Å². The SMILES string of the molecule is Brc1c(-c2cccc3ccccc23)oc2ccc(-c3ccc4sc5ccccc5c4c3)cc12. The first-order valence-corrected chi connectivity index (χ1v) is 12.5. The molecule has 0 radical (unpaired) electrons. The van der Waals surface area contributed by atoms with Crippen molar-refractivity contribution in [1.82, 2.24) is 0 Å². The smallest absolute Gasteiger partial charge is 0.150 e. The van der Waals surface area contributed by atoms with Crippen LogP contribution in [0, 0.1) is 0 Å². The molecule has 2 heterocycles. The third kappa shape index (κ3) is 2.97. The number of hydrogen-bond donors (Lipinski definition) is 0. The van der Waals surface area contributed by atoms with Crippen LogP contribution in [-0.2, 0) is 0 Å². The second kappa shape index (κ2) is 7.31. The summed E-state index contributed by atoms with van der Waals surface area (Å²) in [7, 11) is 0. The van der Waals surface area contributed by atoms with Crippen molar-refractivity contribution in [3.8, 4) is 22.5 Å². The lowest BCUT2D eigenvalue weighted by Crippen LogP contribution is -1.79. The number of fused-ring (bicyclic) bond motifs is 5. The highest BCUT2D eigenvalue weighted by molar-refractivity contribution is 9.10. The van der Waals surface area contributed by atoms with E-state index in [1.165, 1.54) is 42.1 Å². The normalized spacial score (nSPS) is 11.8. The zero-order valence-electron chi connectivity index (χ0n) is 17.5. The first-order chi connectivity index (χ1) is 16.3. The maximum absolute atomic E-state index is 6.35. The number of benzene rings is 5. The number of thiophene rings is 1. The van der Waals surface area contributed by atoms with Crippen LogP contribution in [0.2, 0.25) is 0 Å². The molecule has 1 nitrogen and oxygen atoms in total. The summed E-state index contributed by atoms with van der Waals surface area (Å²) in [5.74, 6) is 0.873. The summed E-state index contributed by atoms with van der Waals surface area (Å²) in [5, 5.41) is 6.12. The van der Waals surface area contributed by atoms with E-state index < -0.39 is 0 Å². The van der Waals surface area contributed by atoms with E-state index in [1.807, 2.05) is 11.3 Å². The Morgan fingerprint density at radius 1 is 0.576 bits per heavy atom. The molecule has 0 atom stereocenters. The zero-order valence-corrected chi connectivity index (χ0v) is 19.9. The summed E-state index contributed by atoms with van der Waals surface area (Å²) in [6.07, 6.45) is 0. The quantitative estimate of drug-likeness (QED) is 0.228. The van der Waals surface area contributed by atoms with Crippen LogP contribution in [0.1, 0.15) is 0 Å². The first kappa shape index (κ1) is 19.1. The van der Waals surface area contributed by atoms with Gasteiger partial charge < -0.3 is 4.42 Å². The molecule has 2 aromatic heterocycles. The minimum atomic E-state index is 0.873. The highest BCUT2D eigenvalue weighted by Crippen LogP contribution is 2.42. The van der Waals surface area contributed by atoms with Crippen LogP contribution in [0.5, 0.6) is 0 Å². The van der Waals surface area contributed by atoms with Crippen LogP contribution in [0.4, 0.5) is 0 Å². The topological polar surface area (TPSA) is 13.1 Å². The minimum Gasteiger partial charge on any atom is -0.455 e. The fourth-order valence-electron chi connectivity index (χ4n) is 4.75. The van der Waals surface area contributed by atoms with Crippen LogP contribution in [-0.4, -0.2) is 0 Å². The highest BCUT2D eigenvalue weighted by atomic mass is 79.9. The molecule has 0 aliphatic heterocycles. The lowest BCUT2D eigenvalue weighted by Gasteiger charge is -2.04. The van der Waals surface area contributed by atoms with E-state index in [1.54, 1.807) is 0 Å². The Balaban J connectivity index is 1.40. The molecular formula is C30H17BrOS. The second-order valence-electron chi connectivity index (χ2n) is 8.29. The predicted molar refractivity (Wildman–Crippen MR) is 145 cm³/mol. The Morgan fingerprint density at radius 2 is 1.27 bits per heavy atom. The fourth-order valence-corrected chi connectivity index (χ4v) is 6.44. The van der Waals surface area contributed by atoms with Crippen LogP contribution in [0.15, 0.2) is 112 Å². The van der Waals surface area contributed by atoms with Gasteiger partial charge in [-0.25, -0.2) is 0 Å². The van der Waals surface area contributed by atoms with Crippen molar-refractivity contribution in [3.63, 3.8) is 0 Å². The molecule has 7 aromatic rings. The fraction of sp³-hybridized carbons (Fsp3) is 0. The lowest BCUT2D eigenvalue weighted by molar-refractivity contribution is 0.630. The van der Waals surface area contributed by atoms with Gasteiger partial charge in [-0.05, 0) is 68.2 Å². The van der Waals surface area contributed by atoms with Crippen LogP contribution < -0.4 is 0 Å². The summed E-state index contributed by atoms with van der Waals surface area (Å²) < 4.78 is 10.0. The van der Waals surface area contributed by atoms with Gasteiger partial charge in [0.1, 0.15) is 11.3 Å². The van der Waals surface area contributed by atoms with Crippen LogP contribution >= 0.6 is 27.3 Å². The summed E-state index contributed by atoms with van der Waals surface area (Å²) in [6, 6.07) is 36.7. The molecule has 7 rings (SSSR count). The third-order valence-electron chi connectivity index (χ3n) is 6.37. The van der Waals surface area contributed by atoms with Crippen molar-refractivity contribution < 1.29 is 4.42 Å². The van der Waals surface area contributed by atoms with E-state index in [0.29, 0.717) is 0 Å². The Kier molecular flexibility index (Phi) is 4.23. The van der Waals surface area contributed by atoms with Gasteiger partial charge in [0.25, 0.3) is 0 Å². The summed E-state index contributed by atoms with van der Waals surface area (Å²) in [5.41, 5.74) is 4.39. The summed E-state index contributed by atoms with van der Waals surface area (Å²) in [4.78, 5) is 0. The monoisotopic (exact) mass is 504 g/mol. The molecule has 5 aromatic carbocycles. The highest BCUT2D eigenvalue weighted by Gasteiger charge is 2.17. The molecule has 0 spiro atoms. The van der Waals surface area contributed by atoms with Gasteiger partial charge in [-0.15, -0.1) is 11.3 Å². The van der Waals surface area contributed by atoms with Gasteiger partial charge in [-0.1, -0.05) is 72.8 Å². The largest absolute Gasteiger partial charge is 0.455 e. The molecule has 0 saturated carbocycles. The van der Waals surface area contributed by atoms with Crippen molar-refractivity contribution in [2.45, 2.75) is 0 Å². The minimum absolute atomic E-state index is 0.873. The van der Waals surface area contributed by atoms with E-state index >= 15 is 0 Å². The molecule has 0 aliphatic rings. The van der Waals surface area contributed by atoms with E-state index in [9.17, 15) is 0 Å². The molecule has 0 N–H and O–H groups in total. The molecule has 33 heavy (non-hydrogen) atoms. The van der Waals surface area contributed by atoms with Crippen molar-refractivity contribution in [3.05, 3.63) is 108 Å². The van der Waals surface area contributed by atoms with Gasteiger partial charge in [0.2, 0.25) is 0 Å². The van der Waals surface area contributed by atoms with Gasteiger partial charge in [0, 0.05) is 31.1 Å². The first-order valence-electron chi connectivity index (χ1n) is 10.9. The van der Waals surface area contributed by atoms with E-state index in [4.69, 9.17) is 4.42 Å². The standard InChI is InChI=1S/C30H17BrOS/c31-29-25-17-19(20-13-15-28-24(16-20)22-9-3-4-11-27(22)33-28)12-14-26(25)32-30(29)23-10-5-7-18-6-1-2-8-21(18)23/h1-17H. The third-order valence-corrected chi connectivity index (χ3v) is 8.31. The van der Waals surface area contributed by atoms with Gasteiger partial charge in [-0.2, -0.15) is 0 Å². The van der Waals surface area contributed by atoms with Gasteiger partial charge in [-0.3, -0.25) is 0 Å². The van der Waals surface area contributed by atoms with Gasteiger partial charge in [0.15, 0.2) is 0 Å². The van der Waals surface area contributed by atoms with Crippen molar-refractivity contribution in [2.75, 3.05) is 0 Å². The average molecular weight is 505 g/mol. The Morgan fingerprint density at radius 3 is 2.18 bits per heavy atom. The number of hydrogen-bond acceptors (Lipinski definition) is 2. The molecule has 0 unspecified atom stereocenters. The van der Waals surface area contributed by atoms with Crippen molar-refractivity contribution >= 4 is 69.2 Å². The van der Waals surface area contributed by atoms with Gasteiger partial charge >= 0.3 is 0 Å².